The summed E-state index contributed by atoms with van der Waals surface area (Å²) in [6.45, 7) is 6.41. The van der Waals surface area contributed by atoms with E-state index in [0.717, 1.165) is 50.4 Å². The van der Waals surface area contributed by atoms with Gasteiger partial charge in [-0.3, -0.25) is 4.79 Å². The van der Waals surface area contributed by atoms with Crippen LogP contribution < -0.4 is 15.1 Å². The Balaban J connectivity index is 1.26. The largest absolute Gasteiger partial charge is 0.378 e. The highest BCUT2D eigenvalue weighted by Gasteiger charge is 2.34. The number of nitrogens with one attached hydrogen (secondary N) is 2. The molecule has 1 aliphatic carbocycles. The first-order chi connectivity index (χ1) is 12.8. The van der Waals surface area contributed by atoms with E-state index < -0.39 is 0 Å². The number of carbonyl (C=O) groups excluding carboxylic acids is 1. The molecular formula is C21H32N3O2+. The zero-order chi connectivity index (χ0) is 17.8. The number of amides is 1. The first-order valence-corrected chi connectivity index (χ1v) is 10.3. The molecule has 5 heteroatoms. The number of rotatable bonds is 4. The van der Waals surface area contributed by atoms with E-state index in [1.54, 1.807) is 0 Å². The molecular weight excluding hydrogens is 326 g/mol. The highest BCUT2D eigenvalue weighted by atomic mass is 16.5. The van der Waals surface area contributed by atoms with Crippen molar-refractivity contribution >= 4 is 17.3 Å². The van der Waals surface area contributed by atoms with Gasteiger partial charge in [0, 0.05) is 30.4 Å². The number of likely N-dealkylation sites (tertiary alicyclic amines) is 1. The number of quaternary nitrogens is 1. The first-order valence-electron chi connectivity index (χ1n) is 10.3. The number of anilines is 2. The average Bonchev–Trinajstić information content (AvgIpc) is 2.69. The molecule has 3 fully saturated rings. The Kier molecular flexibility index (Phi) is 5.75. The van der Waals surface area contributed by atoms with Crippen LogP contribution in [0.2, 0.25) is 0 Å². The van der Waals surface area contributed by atoms with Gasteiger partial charge in [-0.15, -0.1) is 0 Å². The summed E-state index contributed by atoms with van der Waals surface area (Å²) in [5.41, 5.74) is 2.11. The standard InChI is InChI=1S/C21H31N3O2/c25-21(16-23-10-9-17-3-1-2-4-18(17)15-23)22-19-5-7-20(8-6-19)24-11-13-26-14-12-24/h5-8,17-18H,1-4,9-16H2,(H,22,25)/p+1/t17-,18+/m0/s1. The zero-order valence-corrected chi connectivity index (χ0v) is 15.7. The molecule has 1 amide bonds. The van der Waals surface area contributed by atoms with Crippen molar-refractivity contribution in [1.29, 1.82) is 0 Å². The van der Waals surface area contributed by atoms with E-state index in [-0.39, 0.29) is 5.91 Å². The number of fused-ring (bicyclic) bond motifs is 1. The fraction of sp³-hybridized carbons (Fsp3) is 0.667. The monoisotopic (exact) mass is 358 g/mol. The van der Waals surface area contributed by atoms with Crippen molar-refractivity contribution in [1.82, 2.24) is 0 Å². The lowest BCUT2D eigenvalue weighted by atomic mass is 9.75. The Morgan fingerprint density at radius 1 is 1.08 bits per heavy atom. The van der Waals surface area contributed by atoms with Gasteiger partial charge in [0.1, 0.15) is 0 Å². The minimum Gasteiger partial charge on any atom is -0.378 e. The topological polar surface area (TPSA) is 46.0 Å². The van der Waals surface area contributed by atoms with Gasteiger partial charge in [0.05, 0.1) is 26.3 Å². The molecule has 1 aromatic carbocycles. The summed E-state index contributed by atoms with van der Waals surface area (Å²) in [7, 11) is 0. The summed E-state index contributed by atoms with van der Waals surface area (Å²) in [6, 6.07) is 8.24. The van der Waals surface area contributed by atoms with Crippen LogP contribution in [0.1, 0.15) is 32.1 Å². The van der Waals surface area contributed by atoms with E-state index in [4.69, 9.17) is 4.74 Å². The van der Waals surface area contributed by atoms with E-state index in [0.29, 0.717) is 6.54 Å². The van der Waals surface area contributed by atoms with E-state index in [2.05, 4.69) is 22.3 Å². The predicted molar refractivity (Wildman–Crippen MR) is 104 cm³/mol. The maximum Gasteiger partial charge on any atom is 0.279 e. The van der Waals surface area contributed by atoms with Gasteiger partial charge in [0.25, 0.3) is 5.91 Å². The molecule has 2 N–H and O–H groups in total. The summed E-state index contributed by atoms with van der Waals surface area (Å²) in [5.74, 6) is 1.93. The van der Waals surface area contributed by atoms with Gasteiger partial charge >= 0.3 is 0 Å². The lowest BCUT2D eigenvalue weighted by molar-refractivity contribution is -0.902. The van der Waals surface area contributed by atoms with Gasteiger partial charge in [0.15, 0.2) is 6.54 Å². The second-order valence-electron chi connectivity index (χ2n) is 8.17. The Morgan fingerprint density at radius 3 is 2.58 bits per heavy atom. The van der Waals surface area contributed by atoms with Gasteiger partial charge < -0.3 is 19.9 Å². The third-order valence-corrected chi connectivity index (χ3v) is 6.42. The van der Waals surface area contributed by atoms with Crippen LogP contribution in [0.25, 0.3) is 0 Å². The second kappa shape index (κ2) is 8.40. The molecule has 0 bridgehead atoms. The van der Waals surface area contributed by atoms with E-state index in [1.807, 2.05) is 12.1 Å². The summed E-state index contributed by atoms with van der Waals surface area (Å²) in [6.07, 6.45) is 6.90. The number of benzene rings is 1. The van der Waals surface area contributed by atoms with Crippen LogP contribution in [0.5, 0.6) is 0 Å². The molecule has 3 aliphatic rings. The molecule has 1 saturated carbocycles. The van der Waals surface area contributed by atoms with Crippen molar-refractivity contribution in [2.24, 2.45) is 11.8 Å². The van der Waals surface area contributed by atoms with Crippen molar-refractivity contribution in [3.05, 3.63) is 24.3 Å². The van der Waals surface area contributed by atoms with Gasteiger partial charge in [-0.2, -0.15) is 0 Å². The molecule has 142 valence electrons. The molecule has 3 atom stereocenters. The third kappa shape index (κ3) is 4.38. The number of hydrogen-bond acceptors (Lipinski definition) is 3. The van der Waals surface area contributed by atoms with Crippen LogP contribution >= 0.6 is 0 Å². The van der Waals surface area contributed by atoms with Gasteiger partial charge in [0.2, 0.25) is 0 Å². The van der Waals surface area contributed by atoms with Crippen molar-refractivity contribution in [3.8, 4) is 0 Å². The Hall–Kier alpha value is -1.59. The van der Waals surface area contributed by atoms with Crippen molar-refractivity contribution in [2.45, 2.75) is 32.1 Å². The summed E-state index contributed by atoms with van der Waals surface area (Å²) in [4.78, 5) is 16.3. The smallest absolute Gasteiger partial charge is 0.279 e. The van der Waals surface area contributed by atoms with Crippen molar-refractivity contribution < 1.29 is 14.4 Å². The van der Waals surface area contributed by atoms with Crippen molar-refractivity contribution in [2.75, 3.05) is 56.2 Å². The quantitative estimate of drug-likeness (QED) is 0.859. The number of nitrogens with zero attached hydrogens (tertiary/aromatic N) is 1. The van der Waals surface area contributed by atoms with Crippen LogP contribution in [0.4, 0.5) is 11.4 Å². The normalized spacial score (nSPS) is 29.1. The van der Waals surface area contributed by atoms with Gasteiger partial charge in [-0.25, -0.2) is 0 Å². The molecule has 5 nitrogen and oxygen atoms in total. The minimum absolute atomic E-state index is 0.147. The highest BCUT2D eigenvalue weighted by Crippen LogP contribution is 2.32. The second-order valence-corrected chi connectivity index (χ2v) is 8.17. The number of morpholine rings is 1. The zero-order valence-electron chi connectivity index (χ0n) is 15.7. The van der Waals surface area contributed by atoms with Crippen molar-refractivity contribution in [3.63, 3.8) is 0 Å². The number of carbonyl (C=O) groups is 1. The minimum atomic E-state index is 0.147. The average molecular weight is 359 g/mol. The molecule has 2 saturated heterocycles. The molecule has 0 radical (unpaired) electrons. The van der Waals surface area contributed by atoms with E-state index in [1.165, 1.54) is 49.2 Å². The highest BCUT2D eigenvalue weighted by molar-refractivity contribution is 5.91. The van der Waals surface area contributed by atoms with E-state index >= 15 is 0 Å². The molecule has 1 unspecified atom stereocenters. The van der Waals surface area contributed by atoms with E-state index in [9.17, 15) is 4.79 Å². The lowest BCUT2D eigenvalue weighted by Crippen LogP contribution is -3.15. The molecule has 1 aromatic rings. The van der Waals surface area contributed by atoms with Crippen LogP contribution in [-0.4, -0.2) is 51.8 Å². The molecule has 0 spiro atoms. The lowest BCUT2D eigenvalue weighted by Gasteiger charge is -2.38. The molecule has 0 aromatic heterocycles. The van der Waals surface area contributed by atoms with Crippen LogP contribution in [0.3, 0.4) is 0 Å². The summed E-state index contributed by atoms with van der Waals surface area (Å²) < 4.78 is 5.40. The molecule has 4 rings (SSSR count). The van der Waals surface area contributed by atoms with Crippen LogP contribution in [0, 0.1) is 11.8 Å². The maximum atomic E-state index is 12.5. The maximum absolute atomic E-state index is 12.5. The Morgan fingerprint density at radius 2 is 1.81 bits per heavy atom. The first kappa shape index (κ1) is 17.8. The van der Waals surface area contributed by atoms with Gasteiger partial charge in [-0.1, -0.05) is 12.8 Å². The van der Waals surface area contributed by atoms with Crippen LogP contribution in [0.15, 0.2) is 24.3 Å². The fourth-order valence-corrected chi connectivity index (χ4v) is 4.97. The Labute approximate surface area is 156 Å². The SMILES string of the molecule is O=C(C[NH+]1CC[C@@H]2CCCC[C@@H]2C1)Nc1ccc(N2CCOCC2)cc1. The molecule has 2 aliphatic heterocycles. The third-order valence-electron chi connectivity index (χ3n) is 6.42. The molecule has 26 heavy (non-hydrogen) atoms. The van der Waals surface area contributed by atoms with Gasteiger partial charge in [-0.05, 0) is 49.4 Å². The summed E-state index contributed by atoms with van der Waals surface area (Å²) >= 11 is 0. The molecule has 2 heterocycles. The number of piperidine rings is 1. The van der Waals surface area contributed by atoms with Crippen LogP contribution in [-0.2, 0) is 9.53 Å². The number of ether oxygens (including phenoxy) is 1. The Bertz CT molecular complexity index is 598. The summed E-state index contributed by atoms with van der Waals surface area (Å²) in [5, 5.41) is 3.09. The number of hydrogen-bond donors (Lipinski definition) is 2. The predicted octanol–water partition coefficient (Wildman–Crippen LogP) is 1.56. The fourth-order valence-electron chi connectivity index (χ4n) is 4.97.